The van der Waals surface area contributed by atoms with Crippen LogP contribution in [-0.4, -0.2) is 88.4 Å². The Balaban J connectivity index is 2.43. The standard InChI is InChI=1S/C47H72O11/c1-3-5-7-9-11-13-15-17-18-19-20-21-22-24-25-27-29-31-33-35-40(48)55-37-39(38-56-47-44(52)42(50)43(51)45(58-47)46(53)54)57-41(49)36-34-32-30-28-26-23-16-14-12-10-8-6-4-2/h5-8,11-14,17-18,20-21,23,26,30,32,39,42-45,47,50-52H,3-4,9-10,15-16,19,22,24-25,27-29,31,33-38H2,1-2H3,(H,53,54)/b7-5-,8-6-,13-11-,14-12-,18-17-,21-20-,26-23-,32-30-. The number of ether oxygens (including phenoxy) is 4. The Morgan fingerprint density at radius 3 is 1.52 bits per heavy atom. The van der Waals surface area contributed by atoms with E-state index in [0.717, 1.165) is 89.9 Å². The van der Waals surface area contributed by atoms with Gasteiger partial charge in [0, 0.05) is 12.8 Å². The minimum Gasteiger partial charge on any atom is -0.479 e. The molecule has 58 heavy (non-hydrogen) atoms. The molecule has 1 saturated heterocycles. The highest BCUT2D eigenvalue weighted by Gasteiger charge is 2.47. The highest BCUT2D eigenvalue weighted by molar-refractivity contribution is 5.73. The molecule has 11 heteroatoms. The van der Waals surface area contributed by atoms with Gasteiger partial charge in [-0.2, -0.15) is 0 Å². The number of hydrogen-bond donors (Lipinski definition) is 4. The molecule has 0 aromatic heterocycles. The molecule has 0 radical (unpaired) electrons. The fraction of sp³-hybridized carbons (Fsp3) is 0.596. The zero-order chi connectivity index (χ0) is 42.5. The molecule has 4 N–H and O–H groups in total. The van der Waals surface area contributed by atoms with E-state index in [4.69, 9.17) is 18.9 Å². The molecule has 0 bridgehead atoms. The van der Waals surface area contributed by atoms with Crippen LogP contribution in [0.3, 0.4) is 0 Å². The second-order valence-electron chi connectivity index (χ2n) is 14.1. The summed E-state index contributed by atoms with van der Waals surface area (Å²) in [7, 11) is 0. The normalized spacial score (nSPS) is 21.0. The van der Waals surface area contributed by atoms with E-state index in [1.807, 2.05) is 18.2 Å². The number of allylic oxidation sites excluding steroid dienone is 16. The second-order valence-corrected chi connectivity index (χ2v) is 14.1. The Labute approximate surface area is 347 Å². The summed E-state index contributed by atoms with van der Waals surface area (Å²) in [6.07, 6.45) is 39.1. The van der Waals surface area contributed by atoms with E-state index in [-0.39, 0.29) is 19.4 Å². The van der Waals surface area contributed by atoms with E-state index in [1.165, 1.54) is 0 Å². The van der Waals surface area contributed by atoms with Crippen molar-refractivity contribution in [2.45, 2.75) is 166 Å². The second kappa shape index (κ2) is 36.2. The largest absolute Gasteiger partial charge is 0.479 e. The average Bonchev–Trinajstić information content (AvgIpc) is 3.21. The lowest BCUT2D eigenvalue weighted by Gasteiger charge is -2.38. The van der Waals surface area contributed by atoms with Gasteiger partial charge in [0.2, 0.25) is 0 Å². The van der Waals surface area contributed by atoms with Crippen LogP contribution in [0.25, 0.3) is 0 Å². The number of rotatable bonds is 33. The molecule has 1 aliphatic heterocycles. The number of unbranched alkanes of at least 4 members (excludes halogenated alkanes) is 6. The summed E-state index contributed by atoms with van der Waals surface area (Å²) >= 11 is 0. The quantitative estimate of drug-likeness (QED) is 0.0284. The van der Waals surface area contributed by atoms with Crippen LogP contribution in [0, 0.1) is 0 Å². The average molecular weight is 813 g/mol. The van der Waals surface area contributed by atoms with Gasteiger partial charge in [0.05, 0.1) is 6.61 Å². The molecule has 1 aliphatic rings. The molecular weight excluding hydrogens is 741 g/mol. The van der Waals surface area contributed by atoms with Crippen LogP contribution in [0.5, 0.6) is 0 Å². The fourth-order valence-corrected chi connectivity index (χ4v) is 5.65. The number of carboxylic acids is 1. The first-order valence-corrected chi connectivity index (χ1v) is 21.3. The van der Waals surface area contributed by atoms with E-state index in [0.29, 0.717) is 12.8 Å². The number of carbonyl (C=O) groups is 3. The molecule has 1 heterocycles. The molecule has 0 saturated carbocycles. The van der Waals surface area contributed by atoms with Crippen molar-refractivity contribution in [2.75, 3.05) is 13.2 Å². The van der Waals surface area contributed by atoms with Gasteiger partial charge in [-0.3, -0.25) is 9.59 Å². The number of carboxylic acid groups (broad SMARTS) is 1. The molecule has 0 amide bonds. The molecule has 11 nitrogen and oxygen atoms in total. The lowest BCUT2D eigenvalue weighted by atomic mass is 9.99. The Morgan fingerprint density at radius 1 is 0.534 bits per heavy atom. The predicted molar refractivity (Wildman–Crippen MR) is 229 cm³/mol. The highest BCUT2D eigenvalue weighted by atomic mass is 16.7. The van der Waals surface area contributed by atoms with Crippen molar-refractivity contribution in [2.24, 2.45) is 0 Å². The van der Waals surface area contributed by atoms with Gasteiger partial charge in [-0.1, -0.05) is 137 Å². The van der Waals surface area contributed by atoms with Gasteiger partial charge in [0.15, 0.2) is 18.5 Å². The lowest BCUT2D eigenvalue weighted by Crippen LogP contribution is -2.60. The third kappa shape index (κ3) is 27.7. The summed E-state index contributed by atoms with van der Waals surface area (Å²) in [6.45, 7) is 3.48. The summed E-state index contributed by atoms with van der Waals surface area (Å²) in [5.74, 6) is -2.58. The van der Waals surface area contributed by atoms with Crippen LogP contribution in [0.2, 0.25) is 0 Å². The summed E-state index contributed by atoms with van der Waals surface area (Å²) in [6, 6.07) is 0. The Morgan fingerprint density at radius 2 is 1.00 bits per heavy atom. The van der Waals surface area contributed by atoms with Gasteiger partial charge < -0.3 is 39.4 Å². The maximum atomic E-state index is 12.7. The zero-order valence-corrected chi connectivity index (χ0v) is 35.0. The molecule has 0 aromatic carbocycles. The highest BCUT2D eigenvalue weighted by Crippen LogP contribution is 2.23. The number of esters is 2. The van der Waals surface area contributed by atoms with Crippen LogP contribution < -0.4 is 0 Å². The Bertz CT molecular complexity index is 1330. The summed E-state index contributed by atoms with van der Waals surface area (Å²) < 4.78 is 21.6. The Hall–Kier alpha value is -3.87. The van der Waals surface area contributed by atoms with E-state index in [1.54, 1.807) is 0 Å². The molecule has 0 aliphatic carbocycles. The van der Waals surface area contributed by atoms with Gasteiger partial charge in [-0.05, 0) is 77.0 Å². The number of hydrogen-bond acceptors (Lipinski definition) is 10. The molecule has 326 valence electrons. The van der Waals surface area contributed by atoms with E-state index in [9.17, 15) is 34.8 Å². The van der Waals surface area contributed by atoms with Gasteiger partial charge in [0.1, 0.15) is 24.9 Å². The third-order valence-corrected chi connectivity index (χ3v) is 8.94. The molecular formula is C47H72O11. The fourth-order valence-electron chi connectivity index (χ4n) is 5.65. The van der Waals surface area contributed by atoms with Crippen LogP contribution in [0.1, 0.15) is 129 Å². The maximum Gasteiger partial charge on any atom is 0.335 e. The molecule has 0 aromatic rings. The zero-order valence-electron chi connectivity index (χ0n) is 35.0. The Kier molecular flexibility index (Phi) is 32.6. The van der Waals surface area contributed by atoms with Gasteiger partial charge in [-0.15, -0.1) is 0 Å². The summed E-state index contributed by atoms with van der Waals surface area (Å²) in [5, 5.41) is 39.7. The molecule has 6 unspecified atom stereocenters. The molecule has 1 fully saturated rings. The van der Waals surface area contributed by atoms with Gasteiger partial charge in [-0.25, -0.2) is 4.79 Å². The smallest absolute Gasteiger partial charge is 0.335 e. The molecule has 6 atom stereocenters. The van der Waals surface area contributed by atoms with Crippen molar-refractivity contribution in [3.63, 3.8) is 0 Å². The van der Waals surface area contributed by atoms with Crippen molar-refractivity contribution in [3.8, 4) is 0 Å². The van der Waals surface area contributed by atoms with Crippen molar-refractivity contribution in [3.05, 3.63) is 97.2 Å². The first kappa shape index (κ1) is 52.1. The van der Waals surface area contributed by atoms with Crippen molar-refractivity contribution >= 4 is 17.9 Å². The number of aliphatic hydroxyl groups excluding tert-OH is 3. The van der Waals surface area contributed by atoms with Crippen LogP contribution in [-0.2, 0) is 33.3 Å². The predicted octanol–water partition coefficient (Wildman–Crippen LogP) is 8.86. The first-order valence-electron chi connectivity index (χ1n) is 21.3. The number of carbonyl (C=O) groups excluding carboxylic acids is 2. The van der Waals surface area contributed by atoms with Crippen molar-refractivity contribution in [1.29, 1.82) is 0 Å². The van der Waals surface area contributed by atoms with Gasteiger partial charge >= 0.3 is 17.9 Å². The number of aliphatic hydroxyl groups is 3. The van der Waals surface area contributed by atoms with E-state index >= 15 is 0 Å². The van der Waals surface area contributed by atoms with Crippen LogP contribution in [0.15, 0.2) is 97.2 Å². The molecule has 1 rings (SSSR count). The van der Waals surface area contributed by atoms with E-state index < -0.39 is 61.3 Å². The summed E-state index contributed by atoms with van der Waals surface area (Å²) in [4.78, 5) is 36.7. The SMILES string of the molecule is CC/C=C\C/C=C\C/C=C\C/C=C\CCCCCCCCC(=O)OCC(COC1OC(C(=O)O)C(O)C(O)C1O)OC(=O)CC/C=C\C/C=C\C/C=C\C/C=C\CC. The minimum atomic E-state index is -1.88. The van der Waals surface area contributed by atoms with E-state index in [2.05, 4.69) is 92.8 Å². The first-order chi connectivity index (χ1) is 28.2. The van der Waals surface area contributed by atoms with Crippen LogP contribution in [0.4, 0.5) is 0 Å². The minimum absolute atomic E-state index is 0.0522. The topological polar surface area (TPSA) is 169 Å². The van der Waals surface area contributed by atoms with Gasteiger partial charge in [0.25, 0.3) is 0 Å². The maximum absolute atomic E-state index is 12.7. The summed E-state index contributed by atoms with van der Waals surface area (Å²) in [5.41, 5.74) is 0. The monoisotopic (exact) mass is 813 g/mol. The third-order valence-electron chi connectivity index (χ3n) is 8.94. The number of aliphatic carboxylic acids is 1. The van der Waals surface area contributed by atoms with Crippen LogP contribution >= 0.6 is 0 Å². The lowest BCUT2D eigenvalue weighted by molar-refractivity contribution is -0.298. The molecule has 0 spiro atoms. The van der Waals surface area contributed by atoms with Crippen molar-refractivity contribution < 1.29 is 53.8 Å². The van der Waals surface area contributed by atoms with Crippen molar-refractivity contribution in [1.82, 2.24) is 0 Å².